The largest absolute Gasteiger partial charge is 0.497 e. The van der Waals surface area contributed by atoms with Crippen molar-refractivity contribution in [1.29, 1.82) is 0 Å². The molecule has 4 aliphatic rings. The summed E-state index contributed by atoms with van der Waals surface area (Å²) in [5.41, 5.74) is 6.22. The Morgan fingerprint density at radius 3 is 1.66 bits per heavy atom. The molecule has 3 saturated heterocycles. The van der Waals surface area contributed by atoms with Gasteiger partial charge in [-0.2, -0.15) is 28.8 Å². The predicted molar refractivity (Wildman–Crippen MR) is 363 cm³/mol. The minimum Gasteiger partial charge on any atom is -0.497 e. The van der Waals surface area contributed by atoms with E-state index in [4.69, 9.17) is 105 Å². The molecule has 8 atom stereocenters. The van der Waals surface area contributed by atoms with Crippen LogP contribution in [0.15, 0.2) is 54.6 Å². The summed E-state index contributed by atoms with van der Waals surface area (Å²) in [5, 5.41) is 26.4. The lowest BCUT2D eigenvalue weighted by molar-refractivity contribution is -0.193. The molecule has 4 fully saturated rings. The molecule has 10 rings (SSSR count). The van der Waals surface area contributed by atoms with Gasteiger partial charge in [0.25, 0.3) is 11.8 Å². The number of esters is 1. The molecule has 4 N–H and O–H groups in total. The van der Waals surface area contributed by atoms with Gasteiger partial charge in [-0.1, -0.05) is 86.2 Å². The Balaban J connectivity index is 0.000000311. The van der Waals surface area contributed by atoms with Crippen LogP contribution < -0.4 is 24.8 Å². The summed E-state index contributed by atoms with van der Waals surface area (Å²) >= 11 is 23.8. The van der Waals surface area contributed by atoms with E-state index in [2.05, 4.69) is 85.8 Å². The molecule has 3 aromatic heterocycles. The van der Waals surface area contributed by atoms with Gasteiger partial charge in [0, 0.05) is 57.0 Å². The first kappa shape index (κ1) is 84.1. The van der Waals surface area contributed by atoms with Crippen LogP contribution in [0.5, 0.6) is 17.5 Å². The van der Waals surface area contributed by atoms with Crippen molar-refractivity contribution in [3.8, 4) is 29.9 Å². The molecule has 0 radical (unpaired) electrons. The highest BCUT2D eigenvalue weighted by Gasteiger charge is 2.42. The van der Waals surface area contributed by atoms with Gasteiger partial charge in [-0.25, -0.2) is 44.3 Å². The molecule has 2 unspecified atom stereocenters. The Morgan fingerprint density at radius 2 is 1.20 bits per heavy atom. The van der Waals surface area contributed by atoms with Gasteiger partial charge in [-0.3, -0.25) is 4.90 Å². The standard InChI is InChI=1S/C15H19BClN3O2.C14H16ClN3O.C14H23NO2.C11H19NO5.C9H6Cl2N2O.3CO2/c1-9-4-5-12-13(6-9)19-15(14(17)18-12)22-11-7-10(2)20(8-11)16(3)21;1-8-3-4-11-12(5-8)18-14(13(15)17-11)19-10-6-9(2)16-7-10;1-5-6-7-8-11-9-12(11)17-13(16)15-10-14(2,3)4;1-11(2,3)17-10(15)12-6-7(13)5-8(12)9(14)16-4;1-14-5-2-3-6-7(4-5)13-9(11)8(10)12-6;3*2-1-3/h4-6,10-11,21H,7-8H2,1-3H3;3-5,9-10,16H,6-7H2,1-2H3;1,11-12H,6-10H2,2-4H3,(H,15,16);7-8,13H,5-6H2,1-4H3;2-4H,1H3;;;/t10-,11?;9-,10?;11-,12-;7-,8+;;;;/m1111..../s1. The second-order valence-electron chi connectivity index (χ2n) is 25.0. The molecule has 32 heteroatoms. The number of amides is 2. The van der Waals surface area contributed by atoms with Gasteiger partial charge in [0.2, 0.25) is 0 Å². The van der Waals surface area contributed by atoms with Crippen LogP contribution in [0.1, 0.15) is 111 Å². The molecule has 27 nitrogen and oxygen atoms in total. The van der Waals surface area contributed by atoms with E-state index < -0.39 is 36.9 Å². The maximum Gasteiger partial charge on any atom is 0.411 e. The number of aryl methyl sites for hydroxylation is 2. The average Bonchev–Trinajstić information content (AvgIpc) is 1.09. The van der Waals surface area contributed by atoms with E-state index in [1.54, 1.807) is 52.9 Å². The molecule has 1 saturated carbocycles. The van der Waals surface area contributed by atoms with Crippen LogP contribution in [-0.4, -0.2) is 182 Å². The molecule has 1 aliphatic carbocycles. The minimum absolute atomic E-state index is 0.0429. The maximum atomic E-state index is 11.8. The fourth-order valence-electron chi connectivity index (χ4n) is 9.78. The van der Waals surface area contributed by atoms with Crippen LogP contribution in [0.4, 0.5) is 9.59 Å². The van der Waals surface area contributed by atoms with Gasteiger partial charge in [-0.15, -0.1) is 12.3 Å². The second kappa shape index (κ2) is 41.3. The lowest BCUT2D eigenvalue weighted by Gasteiger charge is -2.27. The summed E-state index contributed by atoms with van der Waals surface area (Å²) in [6.45, 7) is 23.7. The SMILES string of the molecule is C#CCCC[C@@H]1C[C@H]1OC(=O)NCC(C)(C)C.CB(O)N1CC(Oc2nc3cc(C)ccc3nc2Cl)C[C@H]1C.COC(=O)[C@@H]1C[C@@H](O)CN1C(=O)OC(C)(C)C.COc1ccc2nc(Cl)c(Cl)nc2c1.Cc1ccc2nc(Cl)c(OC3CN[C@H](C)C3)nc2c1.O=C=O.O=C=O.O=C=O. The van der Waals surface area contributed by atoms with Crippen LogP contribution in [0.3, 0.4) is 0 Å². The number of hydrogen-bond donors (Lipinski definition) is 4. The Morgan fingerprint density at radius 1 is 0.704 bits per heavy atom. The number of methoxy groups -OCH3 is 2. The van der Waals surface area contributed by atoms with Crippen LogP contribution in [0.25, 0.3) is 33.1 Å². The van der Waals surface area contributed by atoms with Crippen LogP contribution in [0.2, 0.25) is 27.4 Å². The normalized spacial score (nSPS) is 19.4. The molecule has 98 heavy (non-hydrogen) atoms. The first-order valence-corrected chi connectivity index (χ1v) is 32.3. The number of aliphatic hydroxyl groups excluding tert-OH is 1. The van der Waals surface area contributed by atoms with Crippen LogP contribution in [0, 0.1) is 37.5 Å². The number of alkyl carbamates (subject to hydrolysis) is 1. The number of hydrogen-bond acceptors (Lipinski definition) is 25. The lowest BCUT2D eigenvalue weighted by Crippen LogP contribution is -2.43. The molecule has 0 spiro atoms. The first-order valence-electron chi connectivity index (χ1n) is 30.8. The molecule has 6 heterocycles. The quantitative estimate of drug-likeness (QED) is 0.0291. The number of carbonyl (C=O) groups is 3. The number of halogens is 4. The molecule has 6 aromatic rings. The third-order valence-electron chi connectivity index (χ3n) is 14.4. The van der Waals surface area contributed by atoms with E-state index in [1.165, 1.54) is 12.0 Å². The fraction of sp³-hybridized carbons (Fsp3) is 0.515. The van der Waals surface area contributed by atoms with Gasteiger partial charge < -0.3 is 54.0 Å². The van der Waals surface area contributed by atoms with Crippen molar-refractivity contribution in [3.63, 3.8) is 0 Å². The number of unbranched alkanes of at least 4 members (excludes halogenated alkanes) is 1. The predicted octanol–water partition coefficient (Wildman–Crippen LogP) is 9.94. The van der Waals surface area contributed by atoms with Crippen LogP contribution >= 0.6 is 46.4 Å². The Kier molecular flexibility index (Phi) is 35.4. The lowest BCUT2D eigenvalue weighted by atomic mass is 9.84. The Hall–Kier alpha value is -8.15. The summed E-state index contributed by atoms with van der Waals surface area (Å²) in [5.74, 6) is 4.13. The van der Waals surface area contributed by atoms with Gasteiger partial charge in [0.05, 0.1) is 60.0 Å². The number of benzene rings is 3. The van der Waals surface area contributed by atoms with E-state index in [0.29, 0.717) is 58.7 Å². The molecule has 530 valence electrons. The number of fused-ring (bicyclic) bond motifs is 3. The highest BCUT2D eigenvalue weighted by atomic mass is 35.5. The van der Waals surface area contributed by atoms with Gasteiger partial charge in [-0.05, 0) is 133 Å². The fourth-order valence-corrected chi connectivity index (χ4v) is 10.4. The Labute approximate surface area is 589 Å². The number of terminal acetylenes is 1. The van der Waals surface area contributed by atoms with Crippen molar-refractivity contribution >= 4 is 123 Å². The zero-order chi connectivity index (χ0) is 73.6. The third kappa shape index (κ3) is 29.5. The maximum absolute atomic E-state index is 11.8. The molecular formula is C66H83BCl4N10O17. The summed E-state index contributed by atoms with van der Waals surface area (Å²) in [6.07, 6.45) is 10.4. The highest BCUT2D eigenvalue weighted by molar-refractivity contribution is 6.45. The number of aromatic nitrogens is 6. The van der Waals surface area contributed by atoms with E-state index in [-0.39, 0.29) is 82.7 Å². The summed E-state index contributed by atoms with van der Waals surface area (Å²) < 4.78 is 31.9. The van der Waals surface area contributed by atoms with E-state index in [9.17, 15) is 24.5 Å². The van der Waals surface area contributed by atoms with Crippen molar-refractivity contribution in [2.45, 2.75) is 169 Å². The number of nitrogens with zero attached hydrogens (tertiary/aromatic N) is 8. The number of likely N-dealkylation sites (tertiary alicyclic amines) is 1. The molecule has 0 bridgehead atoms. The van der Waals surface area contributed by atoms with Crippen molar-refractivity contribution in [2.24, 2.45) is 11.3 Å². The number of aliphatic hydroxyl groups is 1. The van der Waals surface area contributed by atoms with E-state index >= 15 is 0 Å². The zero-order valence-electron chi connectivity index (χ0n) is 56.9. The second-order valence-corrected chi connectivity index (χ2v) is 26.4. The van der Waals surface area contributed by atoms with Crippen LogP contribution in [-0.2, 0) is 47.8 Å². The number of β-amino-alcohol motifs (C(OH)–C–C–N with tert-alkyl or cyclic N) is 1. The van der Waals surface area contributed by atoms with Gasteiger partial charge in [0.15, 0.2) is 20.6 Å². The van der Waals surface area contributed by atoms with E-state index in [0.717, 1.165) is 78.3 Å². The summed E-state index contributed by atoms with van der Waals surface area (Å²) in [4.78, 5) is 112. The van der Waals surface area contributed by atoms with E-state index in [1.807, 2.05) is 55.1 Å². The number of ether oxygens (including phenoxy) is 6. The topological polar surface area (TPSA) is 357 Å². The minimum atomic E-state index is -0.759. The van der Waals surface area contributed by atoms with Crippen molar-refractivity contribution in [1.82, 2.24) is 50.2 Å². The van der Waals surface area contributed by atoms with Crippen molar-refractivity contribution in [2.75, 3.05) is 40.4 Å². The third-order valence-corrected chi connectivity index (χ3v) is 15.5. The van der Waals surface area contributed by atoms with Gasteiger partial charge >= 0.3 is 43.7 Å². The number of nitrogens with one attached hydrogen (secondary N) is 2. The van der Waals surface area contributed by atoms with Crippen molar-refractivity contribution in [3.05, 3.63) is 86.3 Å². The Bertz CT molecular complexity index is 3720. The number of carbonyl (C=O) groups excluding carboxylic acids is 9. The summed E-state index contributed by atoms with van der Waals surface area (Å²) in [7, 11) is 2.36. The molecule has 3 aliphatic heterocycles. The summed E-state index contributed by atoms with van der Waals surface area (Å²) in [6, 6.07) is 17.1. The monoisotopic (exact) mass is 1440 g/mol. The average molecular weight is 1440 g/mol. The molecule has 3 aromatic carbocycles. The highest BCUT2D eigenvalue weighted by Crippen LogP contribution is 2.38. The molecule has 2 amide bonds. The molecular weight excluding hydrogens is 1360 g/mol. The smallest absolute Gasteiger partial charge is 0.411 e. The zero-order valence-corrected chi connectivity index (χ0v) is 59.9. The van der Waals surface area contributed by atoms with Gasteiger partial charge in [0.1, 0.15) is 35.7 Å². The number of rotatable bonds is 12. The van der Waals surface area contributed by atoms with Crippen molar-refractivity contribution < 1.29 is 81.7 Å². The first-order chi connectivity index (χ1) is 46.2.